The maximum Gasteiger partial charge on any atom is 0.281 e. The Bertz CT molecular complexity index is 1950. The second kappa shape index (κ2) is 12.0. The summed E-state index contributed by atoms with van der Waals surface area (Å²) >= 11 is 0. The van der Waals surface area contributed by atoms with E-state index in [4.69, 9.17) is 9.72 Å². The highest BCUT2D eigenvalue weighted by Gasteiger charge is 2.32. The molecule has 0 radical (unpaired) electrons. The molecule has 2 aliphatic heterocycles. The van der Waals surface area contributed by atoms with Crippen LogP contribution in [0.5, 0.6) is 0 Å². The van der Waals surface area contributed by atoms with E-state index in [9.17, 15) is 21.6 Å². The van der Waals surface area contributed by atoms with Crippen LogP contribution in [0.2, 0.25) is 0 Å². The standard InChI is InChI=1S/C30H37N7O6S2/c1-30(2,3)23-6-4-21(5-7-23)20-37-28-26(33-34-37)29(38)32-27(31-28)22-12-14-35(15-13-22)44(39,40)24-8-10-25(11-9-24)45(41,42)36-16-18-43-19-17-36/h4-11,22H,12-20H2,1-3H3,(H,31,32,38). The Kier molecular flexibility index (Phi) is 8.41. The number of fused-ring (bicyclic) bond motifs is 1. The van der Waals surface area contributed by atoms with Crippen molar-refractivity contribution in [1.82, 2.24) is 33.6 Å². The lowest BCUT2D eigenvalue weighted by Gasteiger charge is -2.30. The SMILES string of the molecule is CC(C)(C)c1ccc(Cn2nnc3c(=O)[nH]c(C4CCN(S(=O)(=O)c5ccc(S(=O)(=O)N6CCOCC6)cc5)CC4)nc32)cc1. The second-order valence-electron chi connectivity index (χ2n) is 12.5. The third-order valence-corrected chi connectivity index (χ3v) is 12.3. The first-order valence-corrected chi connectivity index (χ1v) is 17.8. The van der Waals surface area contributed by atoms with E-state index in [-0.39, 0.29) is 58.4 Å². The molecule has 0 bridgehead atoms. The zero-order valence-corrected chi connectivity index (χ0v) is 27.1. The van der Waals surface area contributed by atoms with Crippen molar-refractivity contribution in [1.29, 1.82) is 0 Å². The molecule has 0 spiro atoms. The summed E-state index contributed by atoms with van der Waals surface area (Å²) in [5, 5.41) is 8.24. The van der Waals surface area contributed by atoms with Gasteiger partial charge < -0.3 is 9.72 Å². The molecule has 2 aromatic heterocycles. The molecule has 2 saturated heterocycles. The lowest BCUT2D eigenvalue weighted by Crippen LogP contribution is -2.40. The molecule has 2 aliphatic rings. The Morgan fingerprint density at radius 3 is 1.96 bits per heavy atom. The average Bonchev–Trinajstić information content (AvgIpc) is 3.44. The Balaban J connectivity index is 1.15. The molecule has 0 saturated carbocycles. The summed E-state index contributed by atoms with van der Waals surface area (Å²) in [5.41, 5.74) is 2.41. The summed E-state index contributed by atoms with van der Waals surface area (Å²) in [4.78, 5) is 20.5. The number of rotatable bonds is 7. The molecule has 4 heterocycles. The van der Waals surface area contributed by atoms with Crippen molar-refractivity contribution in [3.63, 3.8) is 0 Å². The fourth-order valence-electron chi connectivity index (χ4n) is 5.70. The van der Waals surface area contributed by atoms with E-state index >= 15 is 0 Å². The topological polar surface area (TPSA) is 160 Å². The molecule has 0 amide bonds. The number of piperidine rings is 1. The Labute approximate surface area is 262 Å². The first-order valence-electron chi connectivity index (χ1n) is 14.9. The zero-order valence-electron chi connectivity index (χ0n) is 25.5. The van der Waals surface area contributed by atoms with E-state index in [1.54, 1.807) is 4.68 Å². The molecule has 45 heavy (non-hydrogen) atoms. The predicted molar refractivity (Wildman–Crippen MR) is 167 cm³/mol. The smallest absolute Gasteiger partial charge is 0.281 e. The monoisotopic (exact) mass is 655 g/mol. The summed E-state index contributed by atoms with van der Waals surface area (Å²) < 4.78 is 62.3. The summed E-state index contributed by atoms with van der Waals surface area (Å²) in [6.07, 6.45) is 0.903. The summed E-state index contributed by atoms with van der Waals surface area (Å²) in [6, 6.07) is 13.6. The molecule has 240 valence electrons. The average molecular weight is 656 g/mol. The normalized spacial score (nSPS) is 18.0. The third kappa shape index (κ3) is 6.31. The molecule has 0 unspecified atom stereocenters. The van der Waals surface area contributed by atoms with Gasteiger partial charge in [-0.1, -0.05) is 50.3 Å². The maximum absolute atomic E-state index is 13.4. The number of hydrogen-bond donors (Lipinski definition) is 1. The summed E-state index contributed by atoms with van der Waals surface area (Å²) in [5.74, 6) is 0.317. The van der Waals surface area contributed by atoms with Gasteiger partial charge in [0.15, 0.2) is 11.2 Å². The summed E-state index contributed by atoms with van der Waals surface area (Å²) in [7, 11) is -7.59. The van der Waals surface area contributed by atoms with Crippen LogP contribution in [-0.4, -0.2) is 89.8 Å². The van der Waals surface area contributed by atoms with Gasteiger partial charge in [0.05, 0.1) is 29.5 Å². The molecule has 6 rings (SSSR count). The fraction of sp³-hybridized carbons (Fsp3) is 0.467. The number of nitrogens with one attached hydrogen (secondary N) is 1. The van der Waals surface area contributed by atoms with Crippen LogP contribution in [0.3, 0.4) is 0 Å². The molecule has 13 nitrogen and oxygen atoms in total. The van der Waals surface area contributed by atoms with Crippen LogP contribution < -0.4 is 5.56 Å². The van der Waals surface area contributed by atoms with Crippen molar-refractivity contribution in [2.24, 2.45) is 0 Å². The van der Waals surface area contributed by atoms with E-state index < -0.39 is 20.0 Å². The number of aromatic nitrogens is 5. The van der Waals surface area contributed by atoms with Gasteiger partial charge in [-0.15, -0.1) is 5.10 Å². The van der Waals surface area contributed by atoms with E-state index in [1.165, 1.54) is 38.4 Å². The summed E-state index contributed by atoms with van der Waals surface area (Å²) in [6.45, 7) is 8.49. The number of ether oxygens (including phenoxy) is 1. The molecule has 2 fully saturated rings. The highest BCUT2D eigenvalue weighted by molar-refractivity contribution is 7.89. The van der Waals surface area contributed by atoms with E-state index in [0.717, 1.165) is 5.56 Å². The van der Waals surface area contributed by atoms with Crippen molar-refractivity contribution < 1.29 is 21.6 Å². The Morgan fingerprint density at radius 2 is 1.40 bits per heavy atom. The van der Waals surface area contributed by atoms with Gasteiger partial charge in [0.1, 0.15) is 5.82 Å². The third-order valence-electron chi connectivity index (χ3n) is 8.45. The number of nitrogens with zero attached hydrogens (tertiary/aromatic N) is 6. The number of sulfonamides is 2. The van der Waals surface area contributed by atoms with Gasteiger partial charge in [0.2, 0.25) is 20.0 Å². The maximum atomic E-state index is 13.4. The van der Waals surface area contributed by atoms with Crippen molar-refractivity contribution in [2.75, 3.05) is 39.4 Å². The highest BCUT2D eigenvalue weighted by Crippen LogP contribution is 2.30. The molecular formula is C30H37N7O6S2. The molecule has 2 aromatic carbocycles. The van der Waals surface area contributed by atoms with Crippen LogP contribution in [0.25, 0.3) is 11.2 Å². The van der Waals surface area contributed by atoms with E-state index in [1.807, 2.05) is 12.1 Å². The van der Waals surface area contributed by atoms with Crippen molar-refractivity contribution >= 4 is 31.2 Å². The first kappa shape index (κ1) is 31.5. The van der Waals surface area contributed by atoms with E-state index in [0.29, 0.717) is 44.1 Å². The number of aromatic amines is 1. The minimum Gasteiger partial charge on any atom is -0.379 e. The van der Waals surface area contributed by atoms with Crippen LogP contribution in [0.1, 0.15) is 56.5 Å². The van der Waals surface area contributed by atoms with Gasteiger partial charge >= 0.3 is 0 Å². The number of morpholine rings is 1. The minimum atomic E-state index is -3.85. The van der Waals surface area contributed by atoms with Gasteiger partial charge in [-0.25, -0.2) is 26.5 Å². The van der Waals surface area contributed by atoms with Gasteiger partial charge in [0.25, 0.3) is 5.56 Å². The van der Waals surface area contributed by atoms with Gasteiger partial charge in [-0.2, -0.15) is 8.61 Å². The highest BCUT2D eigenvalue weighted by atomic mass is 32.2. The molecule has 0 aliphatic carbocycles. The first-order chi connectivity index (χ1) is 21.3. The minimum absolute atomic E-state index is 0.0281. The van der Waals surface area contributed by atoms with Crippen LogP contribution in [0.15, 0.2) is 63.1 Å². The Hall–Kier alpha value is -3.50. The molecule has 4 aromatic rings. The van der Waals surface area contributed by atoms with Crippen LogP contribution >= 0.6 is 0 Å². The number of hydrogen-bond acceptors (Lipinski definition) is 9. The van der Waals surface area contributed by atoms with Crippen LogP contribution in [0, 0.1) is 0 Å². The van der Waals surface area contributed by atoms with Gasteiger partial charge in [0, 0.05) is 32.1 Å². The zero-order chi connectivity index (χ0) is 32.0. The Morgan fingerprint density at radius 1 is 0.844 bits per heavy atom. The fourth-order valence-corrected chi connectivity index (χ4v) is 8.58. The van der Waals surface area contributed by atoms with Crippen molar-refractivity contribution in [3.05, 3.63) is 75.8 Å². The van der Waals surface area contributed by atoms with Crippen LogP contribution in [-0.2, 0) is 36.7 Å². The number of benzene rings is 2. The lowest BCUT2D eigenvalue weighted by atomic mass is 9.87. The van der Waals surface area contributed by atoms with Crippen molar-refractivity contribution in [3.8, 4) is 0 Å². The molecular weight excluding hydrogens is 619 g/mol. The second-order valence-corrected chi connectivity index (χ2v) is 16.4. The largest absolute Gasteiger partial charge is 0.379 e. The lowest BCUT2D eigenvalue weighted by molar-refractivity contribution is 0.0730. The van der Waals surface area contributed by atoms with Gasteiger partial charge in [-0.05, 0) is 53.6 Å². The van der Waals surface area contributed by atoms with E-state index in [2.05, 4.69) is 48.2 Å². The number of H-pyrrole nitrogens is 1. The van der Waals surface area contributed by atoms with Crippen molar-refractivity contribution in [2.45, 2.75) is 61.3 Å². The quantitative estimate of drug-likeness (QED) is 0.315. The molecule has 0 atom stereocenters. The van der Waals surface area contributed by atoms with Gasteiger partial charge in [-0.3, -0.25) is 4.79 Å². The molecule has 1 N–H and O–H groups in total. The predicted octanol–water partition coefficient (Wildman–Crippen LogP) is 2.45. The van der Waals surface area contributed by atoms with Crippen LogP contribution in [0.4, 0.5) is 0 Å². The molecule has 15 heteroatoms.